The zero-order chi connectivity index (χ0) is 9.97. The highest BCUT2D eigenvalue weighted by molar-refractivity contribution is 4.97. The summed E-state index contributed by atoms with van der Waals surface area (Å²) in [5, 5.41) is 11.6. The van der Waals surface area contributed by atoms with Crippen LogP contribution in [0.5, 0.6) is 0 Å². The van der Waals surface area contributed by atoms with Crippen molar-refractivity contribution in [3.8, 4) is 0 Å². The van der Waals surface area contributed by atoms with Crippen molar-refractivity contribution in [3.05, 3.63) is 11.9 Å². The molecule has 2 heterocycles. The fourth-order valence-electron chi connectivity index (χ4n) is 2.14. The van der Waals surface area contributed by atoms with Crippen LogP contribution in [0, 0.1) is 0 Å². The number of piperidine rings is 1. The lowest BCUT2D eigenvalue weighted by Gasteiger charge is -2.28. The molecule has 0 aromatic carbocycles. The molecule has 0 spiro atoms. The average molecular weight is 194 g/mol. The van der Waals surface area contributed by atoms with E-state index in [-0.39, 0.29) is 0 Å². The molecule has 4 heteroatoms. The zero-order valence-electron chi connectivity index (χ0n) is 8.90. The first-order chi connectivity index (χ1) is 6.74. The fourth-order valence-corrected chi connectivity index (χ4v) is 2.14. The van der Waals surface area contributed by atoms with E-state index in [0.29, 0.717) is 12.1 Å². The number of aromatic nitrogens is 3. The van der Waals surface area contributed by atoms with Crippen molar-refractivity contribution in [1.29, 1.82) is 0 Å². The van der Waals surface area contributed by atoms with E-state index in [0.717, 1.165) is 12.1 Å². The minimum absolute atomic E-state index is 0.593. The van der Waals surface area contributed by atoms with Gasteiger partial charge in [0.15, 0.2) is 0 Å². The highest BCUT2D eigenvalue weighted by Crippen LogP contribution is 2.14. The van der Waals surface area contributed by atoms with Crippen LogP contribution in [0.15, 0.2) is 6.20 Å². The van der Waals surface area contributed by atoms with Crippen LogP contribution in [0.4, 0.5) is 0 Å². The minimum atomic E-state index is 0.593. The smallest absolute Gasteiger partial charge is 0.0842 e. The summed E-state index contributed by atoms with van der Waals surface area (Å²) in [6.07, 6.45) is 6.91. The molecule has 2 rings (SSSR count). The molecule has 0 bridgehead atoms. The maximum Gasteiger partial charge on any atom is 0.0842 e. The third kappa shape index (κ3) is 2.32. The molecule has 0 amide bonds. The van der Waals surface area contributed by atoms with Crippen LogP contribution < -0.4 is 5.32 Å². The average Bonchev–Trinajstić information content (AvgIpc) is 2.51. The van der Waals surface area contributed by atoms with Crippen LogP contribution in [0.3, 0.4) is 0 Å². The normalized spacial score (nSPS) is 27.9. The number of aryl methyl sites for hydroxylation is 1. The lowest BCUT2D eigenvalue weighted by molar-refractivity contribution is 0.332. The summed E-state index contributed by atoms with van der Waals surface area (Å²) >= 11 is 0. The summed E-state index contributed by atoms with van der Waals surface area (Å²) in [7, 11) is 1.91. The van der Waals surface area contributed by atoms with E-state index in [2.05, 4.69) is 22.6 Å². The number of nitrogens with one attached hydrogen (secondary N) is 1. The molecule has 14 heavy (non-hydrogen) atoms. The molecule has 78 valence electrons. The molecular weight excluding hydrogens is 176 g/mol. The molecule has 2 unspecified atom stereocenters. The standard InChI is InChI=1S/C10H18N4/c1-8-4-3-5-9(11-8)6-10-7-14(2)13-12-10/h7-9,11H,3-6H2,1-2H3. The van der Waals surface area contributed by atoms with Crippen LogP contribution in [-0.4, -0.2) is 27.1 Å². The van der Waals surface area contributed by atoms with Gasteiger partial charge in [-0.2, -0.15) is 0 Å². The van der Waals surface area contributed by atoms with Crippen molar-refractivity contribution in [3.63, 3.8) is 0 Å². The van der Waals surface area contributed by atoms with Crippen LogP contribution in [0.1, 0.15) is 31.9 Å². The van der Waals surface area contributed by atoms with Gasteiger partial charge >= 0.3 is 0 Å². The SMILES string of the molecule is CC1CCCC(Cc2cn(C)nn2)N1. The molecule has 0 aliphatic carbocycles. The van der Waals surface area contributed by atoms with E-state index < -0.39 is 0 Å². The van der Waals surface area contributed by atoms with Crippen LogP contribution in [-0.2, 0) is 13.5 Å². The Morgan fingerprint density at radius 1 is 1.57 bits per heavy atom. The van der Waals surface area contributed by atoms with Gasteiger partial charge in [-0.25, -0.2) is 0 Å². The van der Waals surface area contributed by atoms with Gasteiger partial charge in [-0.1, -0.05) is 11.6 Å². The molecular formula is C10H18N4. The van der Waals surface area contributed by atoms with Gasteiger partial charge in [0.1, 0.15) is 0 Å². The van der Waals surface area contributed by atoms with Gasteiger partial charge in [-0.05, 0) is 19.8 Å². The highest BCUT2D eigenvalue weighted by atomic mass is 15.4. The minimum Gasteiger partial charge on any atom is -0.311 e. The number of hydrogen-bond acceptors (Lipinski definition) is 3. The second-order valence-corrected chi connectivity index (χ2v) is 4.28. The molecule has 2 atom stereocenters. The van der Waals surface area contributed by atoms with E-state index in [1.54, 1.807) is 4.68 Å². The molecule has 4 nitrogen and oxygen atoms in total. The first-order valence-electron chi connectivity index (χ1n) is 5.35. The summed E-state index contributed by atoms with van der Waals surface area (Å²) in [6.45, 7) is 2.25. The number of nitrogens with zero attached hydrogens (tertiary/aromatic N) is 3. The molecule has 0 saturated carbocycles. The lowest BCUT2D eigenvalue weighted by Crippen LogP contribution is -2.41. The van der Waals surface area contributed by atoms with Crippen molar-refractivity contribution < 1.29 is 0 Å². The molecule has 1 N–H and O–H groups in total. The van der Waals surface area contributed by atoms with E-state index in [1.807, 2.05) is 13.2 Å². The molecule has 0 radical (unpaired) electrons. The lowest BCUT2D eigenvalue weighted by atomic mass is 9.97. The topological polar surface area (TPSA) is 42.7 Å². The van der Waals surface area contributed by atoms with Gasteiger partial charge in [0.05, 0.1) is 5.69 Å². The Labute approximate surface area is 84.7 Å². The van der Waals surface area contributed by atoms with Gasteiger partial charge < -0.3 is 5.32 Å². The fraction of sp³-hybridized carbons (Fsp3) is 0.800. The van der Waals surface area contributed by atoms with Crippen molar-refractivity contribution in [2.75, 3.05) is 0 Å². The van der Waals surface area contributed by atoms with Crippen LogP contribution >= 0.6 is 0 Å². The summed E-state index contributed by atoms with van der Waals surface area (Å²) in [4.78, 5) is 0. The molecule has 1 fully saturated rings. The Morgan fingerprint density at radius 3 is 3.07 bits per heavy atom. The quantitative estimate of drug-likeness (QED) is 0.760. The summed E-state index contributed by atoms with van der Waals surface area (Å²) in [5.74, 6) is 0. The van der Waals surface area contributed by atoms with Crippen molar-refractivity contribution >= 4 is 0 Å². The van der Waals surface area contributed by atoms with E-state index in [4.69, 9.17) is 0 Å². The van der Waals surface area contributed by atoms with E-state index >= 15 is 0 Å². The molecule has 1 aromatic rings. The van der Waals surface area contributed by atoms with Gasteiger partial charge in [-0.15, -0.1) is 5.10 Å². The first-order valence-corrected chi connectivity index (χ1v) is 5.35. The second-order valence-electron chi connectivity index (χ2n) is 4.28. The second kappa shape index (κ2) is 4.09. The maximum atomic E-state index is 4.11. The van der Waals surface area contributed by atoms with Crippen LogP contribution in [0.2, 0.25) is 0 Å². The van der Waals surface area contributed by atoms with Crippen molar-refractivity contribution in [1.82, 2.24) is 20.3 Å². The molecule has 1 saturated heterocycles. The van der Waals surface area contributed by atoms with Gasteiger partial charge in [0.2, 0.25) is 0 Å². The monoisotopic (exact) mass is 194 g/mol. The number of hydrogen-bond donors (Lipinski definition) is 1. The zero-order valence-corrected chi connectivity index (χ0v) is 8.90. The van der Waals surface area contributed by atoms with Gasteiger partial charge in [-0.3, -0.25) is 4.68 Å². The van der Waals surface area contributed by atoms with Gasteiger partial charge in [0.25, 0.3) is 0 Å². The van der Waals surface area contributed by atoms with Gasteiger partial charge in [0, 0.05) is 31.7 Å². The Morgan fingerprint density at radius 2 is 2.43 bits per heavy atom. The Kier molecular flexibility index (Phi) is 2.82. The summed E-state index contributed by atoms with van der Waals surface area (Å²) in [5.41, 5.74) is 1.10. The van der Waals surface area contributed by atoms with Crippen molar-refractivity contribution in [2.24, 2.45) is 7.05 Å². The predicted octanol–water partition coefficient (Wildman–Crippen LogP) is 0.888. The van der Waals surface area contributed by atoms with Crippen LogP contribution in [0.25, 0.3) is 0 Å². The predicted molar refractivity (Wildman–Crippen MR) is 54.9 cm³/mol. The van der Waals surface area contributed by atoms with Crippen molar-refractivity contribution in [2.45, 2.75) is 44.7 Å². The highest BCUT2D eigenvalue weighted by Gasteiger charge is 2.18. The maximum absolute atomic E-state index is 4.11. The third-order valence-electron chi connectivity index (χ3n) is 2.82. The van der Waals surface area contributed by atoms with E-state index in [9.17, 15) is 0 Å². The first kappa shape index (κ1) is 9.65. The Balaban J connectivity index is 1.90. The molecule has 1 aliphatic heterocycles. The Bertz CT molecular complexity index is 294. The third-order valence-corrected chi connectivity index (χ3v) is 2.82. The Hall–Kier alpha value is -0.900. The van der Waals surface area contributed by atoms with E-state index in [1.165, 1.54) is 19.3 Å². The number of rotatable bonds is 2. The largest absolute Gasteiger partial charge is 0.311 e. The molecule has 1 aliphatic rings. The summed E-state index contributed by atoms with van der Waals surface area (Å²) < 4.78 is 1.77. The summed E-state index contributed by atoms with van der Waals surface area (Å²) in [6, 6.07) is 1.25. The molecule has 1 aromatic heterocycles.